The Labute approximate surface area is 108 Å². The van der Waals surface area contributed by atoms with Crippen molar-refractivity contribution in [3.63, 3.8) is 0 Å². The summed E-state index contributed by atoms with van der Waals surface area (Å²) in [5, 5.41) is 2.96. The number of rotatable bonds is 6. The van der Waals surface area contributed by atoms with Crippen molar-refractivity contribution in [2.45, 2.75) is 24.7 Å². The minimum absolute atomic E-state index is 0.126. The first-order chi connectivity index (χ1) is 8.73. The van der Waals surface area contributed by atoms with Crippen molar-refractivity contribution in [3.8, 4) is 5.75 Å². The van der Waals surface area contributed by atoms with Gasteiger partial charge in [-0.1, -0.05) is 12.1 Å². The number of ether oxygens (including phenoxy) is 1. The molecular weight excluding hydrogens is 228 g/mol. The predicted octanol–water partition coefficient (Wildman–Crippen LogP) is 1.19. The lowest BCUT2D eigenvalue weighted by atomic mass is 9.95. The van der Waals surface area contributed by atoms with Gasteiger partial charge in [0.2, 0.25) is 5.91 Å². The Balaban J connectivity index is 2.03. The van der Waals surface area contributed by atoms with Crippen LogP contribution in [0.1, 0.15) is 24.8 Å². The van der Waals surface area contributed by atoms with Gasteiger partial charge in [0.25, 0.3) is 0 Å². The first-order valence-corrected chi connectivity index (χ1v) is 6.36. The van der Waals surface area contributed by atoms with Crippen LogP contribution in [0.5, 0.6) is 5.75 Å². The second-order valence-electron chi connectivity index (χ2n) is 4.71. The monoisotopic (exact) mass is 248 g/mol. The fourth-order valence-electron chi connectivity index (χ4n) is 2.16. The summed E-state index contributed by atoms with van der Waals surface area (Å²) in [6.45, 7) is 1.27. The van der Waals surface area contributed by atoms with Crippen molar-refractivity contribution in [1.82, 2.24) is 5.32 Å². The maximum atomic E-state index is 12.2. The Kier molecular flexibility index (Phi) is 3.87. The van der Waals surface area contributed by atoms with Crippen molar-refractivity contribution in [2.75, 3.05) is 20.2 Å². The lowest BCUT2D eigenvalue weighted by Gasteiger charge is -2.16. The van der Waals surface area contributed by atoms with E-state index in [9.17, 15) is 4.79 Å². The molecule has 0 heterocycles. The van der Waals surface area contributed by atoms with Crippen molar-refractivity contribution in [3.05, 3.63) is 29.8 Å². The molecule has 0 unspecified atom stereocenters. The van der Waals surface area contributed by atoms with E-state index in [1.165, 1.54) is 0 Å². The van der Waals surface area contributed by atoms with Crippen LogP contribution in [0.2, 0.25) is 0 Å². The van der Waals surface area contributed by atoms with E-state index in [0.717, 1.165) is 30.6 Å². The zero-order valence-corrected chi connectivity index (χ0v) is 10.7. The highest BCUT2D eigenvalue weighted by Crippen LogP contribution is 2.48. The number of nitrogens with two attached hydrogens (primary N) is 1. The third-order valence-corrected chi connectivity index (χ3v) is 3.49. The quantitative estimate of drug-likeness (QED) is 0.743. The van der Waals surface area contributed by atoms with Crippen molar-refractivity contribution in [1.29, 1.82) is 0 Å². The smallest absolute Gasteiger partial charge is 0.230 e. The standard InChI is InChI=1S/C14H20N2O2/c1-18-12-5-3-11(4-6-12)14(7-8-14)13(17)16-10-2-9-15/h3-6H,2,7-10,15H2,1H3,(H,16,17). The van der Waals surface area contributed by atoms with Crippen LogP contribution >= 0.6 is 0 Å². The summed E-state index contributed by atoms with van der Waals surface area (Å²) in [5.74, 6) is 0.944. The van der Waals surface area contributed by atoms with Gasteiger partial charge in [0.05, 0.1) is 12.5 Å². The van der Waals surface area contributed by atoms with Gasteiger partial charge in [-0.15, -0.1) is 0 Å². The van der Waals surface area contributed by atoms with Gasteiger partial charge >= 0.3 is 0 Å². The summed E-state index contributed by atoms with van der Waals surface area (Å²) >= 11 is 0. The molecule has 4 heteroatoms. The van der Waals surface area contributed by atoms with E-state index in [1.54, 1.807) is 7.11 Å². The van der Waals surface area contributed by atoms with Gasteiger partial charge in [0, 0.05) is 6.54 Å². The van der Waals surface area contributed by atoms with Crippen LogP contribution in [0.4, 0.5) is 0 Å². The molecule has 2 rings (SSSR count). The van der Waals surface area contributed by atoms with Crippen LogP contribution < -0.4 is 15.8 Å². The second-order valence-corrected chi connectivity index (χ2v) is 4.71. The molecule has 0 atom stereocenters. The van der Waals surface area contributed by atoms with Crippen molar-refractivity contribution >= 4 is 5.91 Å². The van der Waals surface area contributed by atoms with Gasteiger partial charge in [0.1, 0.15) is 5.75 Å². The molecular formula is C14H20N2O2. The van der Waals surface area contributed by atoms with Gasteiger partial charge in [0.15, 0.2) is 0 Å². The molecule has 1 saturated carbocycles. The number of amides is 1. The number of methoxy groups -OCH3 is 1. The Hall–Kier alpha value is -1.55. The number of benzene rings is 1. The molecule has 4 nitrogen and oxygen atoms in total. The first-order valence-electron chi connectivity index (χ1n) is 6.36. The maximum absolute atomic E-state index is 12.2. The molecule has 0 saturated heterocycles. The second kappa shape index (κ2) is 5.40. The van der Waals surface area contributed by atoms with E-state index in [4.69, 9.17) is 10.5 Å². The van der Waals surface area contributed by atoms with E-state index < -0.39 is 0 Å². The number of nitrogens with one attached hydrogen (secondary N) is 1. The van der Waals surface area contributed by atoms with E-state index >= 15 is 0 Å². The molecule has 1 amide bonds. The molecule has 0 radical (unpaired) electrons. The highest BCUT2D eigenvalue weighted by Gasteiger charge is 2.50. The van der Waals surface area contributed by atoms with E-state index in [1.807, 2.05) is 24.3 Å². The fraction of sp³-hybridized carbons (Fsp3) is 0.500. The van der Waals surface area contributed by atoms with Gasteiger partial charge in [-0.2, -0.15) is 0 Å². The molecule has 18 heavy (non-hydrogen) atoms. The summed E-state index contributed by atoms with van der Waals surface area (Å²) in [7, 11) is 1.64. The zero-order valence-electron chi connectivity index (χ0n) is 10.7. The number of carbonyl (C=O) groups is 1. The Bertz CT molecular complexity index is 410. The normalized spacial score (nSPS) is 16.1. The molecule has 1 aromatic rings. The van der Waals surface area contributed by atoms with Crippen molar-refractivity contribution < 1.29 is 9.53 Å². The Morgan fingerprint density at radius 2 is 2.06 bits per heavy atom. The van der Waals surface area contributed by atoms with Crippen LogP contribution in [0.3, 0.4) is 0 Å². The summed E-state index contributed by atoms with van der Waals surface area (Å²) in [6, 6.07) is 7.77. The van der Waals surface area contributed by atoms with Crippen LogP contribution in [-0.2, 0) is 10.2 Å². The summed E-state index contributed by atoms with van der Waals surface area (Å²) in [5.41, 5.74) is 6.19. The van der Waals surface area contributed by atoms with Crippen LogP contribution in [-0.4, -0.2) is 26.1 Å². The number of hydrogen-bond acceptors (Lipinski definition) is 3. The predicted molar refractivity (Wildman–Crippen MR) is 70.6 cm³/mol. The van der Waals surface area contributed by atoms with Gasteiger partial charge < -0.3 is 15.8 Å². The molecule has 0 spiro atoms. The lowest BCUT2D eigenvalue weighted by molar-refractivity contribution is -0.123. The van der Waals surface area contributed by atoms with Crippen LogP contribution in [0.15, 0.2) is 24.3 Å². The first kappa shape index (κ1) is 12.9. The molecule has 1 aliphatic rings. The molecule has 1 aliphatic carbocycles. The van der Waals surface area contributed by atoms with Gasteiger partial charge in [-0.25, -0.2) is 0 Å². The SMILES string of the molecule is COc1ccc(C2(C(=O)NCCCN)CC2)cc1. The Morgan fingerprint density at radius 3 is 2.56 bits per heavy atom. The molecule has 98 valence electrons. The van der Waals surface area contributed by atoms with Crippen molar-refractivity contribution in [2.24, 2.45) is 5.73 Å². The van der Waals surface area contributed by atoms with E-state index in [-0.39, 0.29) is 11.3 Å². The van der Waals surface area contributed by atoms with Gasteiger partial charge in [-0.3, -0.25) is 4.79 Å². The van der Waals surface area contributed by atoms with Gasteiger partial charge in [-0.05, 0) is 43.5 Å². The fourth-order valence-corrected chi connectivity index (χ4v) is 2.16. The Morgan fingerprint density at radius 1 is 1.39 bits per heavy atom. The number of carbonyl (C=O) groups excluding carboxylic acids is 1. The minimum atomic E-state index is -0.305. The summed E-state index contributed by atoms with van der Waals surface area (Å²) in [4.78, 5) is 12.2. The molecule has 0 aromatic heterocycles. The largest absolute Gasteiger partial charge is 0.497 e. The summed E-state index contributed by atoms with van der Waals surface area (Å²) < 4.78 is 5.13. The molecule has 1 fully saturated rings. The average Bonchev–Trinajstić information content (AvgIpc) is 3.20. The highest BCUT2D eigenvalue weighted by atomic mass is 16.5. The molecule has 0 bridgehead atoms. The maximum Gasteiger partial charge on any atom is 0.230 e. The topological polar surface area (TPSA) is 64.3 Å². The minimum Gasteiger partial charge on any atom is -0.497 e. The zero-order chi connectivity index (χ0) is 13.0. The molecule has 0 aliphatic heterocycles. The van der Waals surface area contributed by atoms with E-state index in [2.05, 4.69) is 5.32 Å². The number of hydrogen-bond donors (Lipinski definition) is 2. The average molecular weight is 248 g/mol. The van der Waals surface area contributed by atoms with Crippen LogP contribution in [0.25, 0.3) is 0 Å². The van der Waals surface area contributed by atoms with Crippen LogP contribution in [0, 0.1) is 0 Å². The highest BCUT2D eigenvalue weighted by molar-refractivity contribution is 5.91. The molecule has 3 N–H and O–H groups in total. The lowest BCUT2D eigenvalue weighted by Crippen LogP contribution is -2.35. The third-order valence-electron chi connectivity index (χ3n) is 3.49. The molecule has 1 aromatic carbocycles. The third kappa shape index (κ3) is 2.48. The summed E-state index contributed by atoms with van der Waals surface area (Å²) in [6.07, 6.45) is 2.67. The van der Waals surface area contributed by atoms with E-state index in [0.29, 0.717) is 13.1 Å².